The largest absolute Gasteiger partial charge is 0.362 e. The van der Waals surface area contributed by atoms with E-state index in [1.165, 1.54) is 18.5 Å². The van der Waals surface area contributed by atoms with E-state index < -0.39 is 34.5 Å². The molecule has 0 aliphatic carbocycles. The zero-order chi connectivity index (χ0) is 20.2. The van der Waals surface area contributed by atoms with Gasteiger partial charge in [-0.1, -0.05) is 30.3 Å². The number of hydrogen-bond acceptors (Lipinski definition) is 5. The predicted octanol–water partition coefficient (Wildman–Crippen LogP) is 2.36. The van der Waals surface area contributed by atoms with Gasteiger partial charge in [0.1, 0.15) is 5.03 Å². The molecule has 10 heteroatoms. The monoisotopic (exact) mass is 401 g/mol. The summed E-state index contributed by atoms with van der Waals surface area (Å²) in [5.74, 6) is -1.65. The van der Waals surface area contributed by atoms with Crippen molar-refractivity contribution in [2.75, 3.05) is 6.26 Å². The van der Waals surface area contributed by atoms with Crippen LogP contribution in [0.15, 0.2) is 47.6 Å². The van der Waals surface area contributed by atoms with Gasteiger partial charge in [-0.2, -0.15) is 8.78 Å². The molecule has 3 N–H and O–H groups in total. The number of rotatable bonds is 7. The fourth-order valence-electron chi connectivity index (χ4n) is 2.33. The van der Waals surface area contributed by atoms with E-state index in [0.29, 0.717) is 11.1 Å². The van der Waals surface area contributed by atoms with Crippen LogP contribution < -0.4 is 5.32 Å². The number of aliphatic hydroxyl groups excluding tert-OH is 1. The third-order valence-electron chi connectivity index (χ3n) is 3.74. The summed E-state index contributed by atoms with van der Waals surface area (Å²) < 4.78 is 56.9. The number of pyridine rings is 1. The van der Waals surface area contributed by atoms with Crippen molar-refractivity contribution < 1.29 is 27.3 Å². The first-order chi connectivity index (χ1) is 12.6. The van der Waals surface area contributed by atoms with Crippen molar-refractivity contribution >= 4 is 15.6 Å². The number of aromatic nitrogens is 1. The highest BCUT2D eigenvalue weighted by Crippen LogP contribution is 2.21. The minimum atomic E-state index is -3.30. The molecule has 0 fully saturated rings. The summed E-state index contributed by atoms with van der Waals surface area (Å²) in [6.07, 6.45) is -3.22. The average Bonchev–Trinajstić information content (AvgIpc) is 2.61. The normalized spacial score (nSPS) is 15.8. The van der Waals surface area contributed by atoms with Crippen molar-refractivity contribution in [3.05, 3.63) is 48.2 Å². The van der Waals surface area contributed by atoms with Crippen molar-refractivity contribution in [3.63, 3.8) is 0 Å². The Morgan fingerprint density at radius 2 is 1.78 bits per heavy atom. The summed E-state index contributed by atoms with van der Waals surface area (Å²) >= 11 is 0. The lowest BCUT2D eigenvalue weighted by molar-refractivity contribution is -0.134. The van der Waals surface area contributed by atoms with Crippen molar-refractivity contribution in [2.24, 2.45) is 0 Å². The second kappa shape index (κ2) is 8.49. The molecule has 2 unspecified atom stereocenters. The smallest absolute Gasteiger partial charge is 0.315 e. The van der Waals surface area contributed by atoms with Gasteiger partial charge in [-0.05, 0) is 23.6 Å². The molecule has 1 aromatic heterocycles. The lowest BCUT2D eigenvalue weighted by atomic mass is 10.0. The predicted molar refractivity (Wildman–Crippen MR) is 93.5 cm³/mol. The first-order valence-electron chi connectivity index (χ1n) is 7.78. The highest BCUT2D eigenvalue weighted by atomic mass is 32.2. The number of carbonyl (C=O) groups is 1. The minimum Gasteiger partial charge on any atom is -0.362 e. The Hall–Kier alpha value is -2.46. The molecule has 27 heavy (non-hydrogen) atoms. The maximum Gasteiger partial charge on any atom is 0.315 e. The van der Waals surface area contributed by atoms with E-state index in [2.05, 4.69) is 4.98 Å². The highest BCUT2D eigenvalue weighted by molar-refractivity contribution is 7.91. The van der Waals surface area contributed by atoms with E-state index in [4.69, 9.17) is 9.89 Å². The van der Waals surface area contributed by atoms with Crippen LogP contribution in [0.25, 0.3) is 11.1 Å². The van der Waals surface area contributed by atoms with E-state index in [0.717, 1.165) is 5.56 Å². The molecule has 2 aromatic rings. The number of nitrogens with zero attached hydrogens (tertiary/aromatic N) is 1. The summed E-state index contributed by atoms with van der Waals surface area (Å²) in [5, 5.41) is 11.0. The molecule has 1 amide bonds. The van der Waals surface area contributed by atoms with Gasteiger partial charge in [-0.15, -0.1) is 0 Å². The Bertz CT molecular complexity index is 886. The SMILES string of the molecule is CS(=N)(=O)c1ccc(-c2ccc(C[C@H](NC(=O)C(F)F)C(O)F)cc2)cn1. The third kappa shape index (κ3) is 5.76. The zero-order valence-corrected chi connectivity index (χ0v) is 15.1. The van der Waals surface area contributed by atoms with Gasteiger partial charge in [0.25, 0.3) is 5.91 Å². The minimum absolute atomic E-state index is 0.164. The molecule has 0 spiro atoms. The molecule has 146 valence electrons. The van der Waals surface area contributed by atoms with Crippen LogP contribution in [0.5, 0.6) is 0 Å². The van der Waals surface area contributed by atoms with Gasteiger partial charge in [-0.3, -0.25) is 4.79 Å². The second-order valence-corrected chi connectivity index (χ2v) is 8.02. The number of carbonyl (C=O) groups excluding carboxylic acids is 1. The summed E-state index contributed by atoms with van der Waals surface area (Å²) in [5.41, 5.74) is 1.95. The molecule has 0 saturated heterocycles. The Morgan fingerprint density at radius 1 is 1.19 bits per heavy atom. The van der Waals surface area contributed by atoms with Gasteiger partial charge in [0.05, 0.1) is 15.8 Å². The van der Waals surface area contributed by atoms with Crippen LogP contribution in [0.1, 0.15) is 5.56 Å². The van der Waals surface area contributed by atoms with Crippen LogP contribution in [0, 0.1) is 4.78 Å². The van der Waals surface area contributed by atoms with Gasteiger partial charge >= 0.3 is 6.43 Å². The van der Waals surface area contributed by atoms with Crippen molar-refractivity contribution in [1.82, 2.24) is 10.3 Å². The van der Waals surface area contributed by atoms with E-state index in [1.54, 1.807) is 35.6 Å². The van der Waals surface area contributed by atoms with Gasteiger partial charge in [-0.25, -0.2) is 18.4 Å². The van der Waals surface area contributed by atoms with E-state index in [9.17, 15) is 22.2 Å². The molecular formula is C17H18F3N3O3S. The van der Waals surface area contributed by atoms with Gasteiger partial charge in [0.2, 0.25) is 6.36 Å². The zero-order valence-electron chi connectivity index (χ0n) is 14.2. The lowest BCUT2D eigenvalue weighted by Crippen LogP contribution is -2.45. The first-order valence-corrected chi connectivity index (χ1v) is 9.74. The van der Waals surface area contributed by atoms with Gasteiger partial charge in [0.15, 0.2) is 0 Å². The second-order valence-electron chi connectivity index (χ2n) is 5.92. The molecule has 0 bridgehead atoms. The fourth-order valence-corrected chi connectivity index (χ4v) is 2.91. The number of halogens is 3. The molecule has 0 radical (unpaired) electrons. The fraction of sp³-hybridized carbons (Fsp3) is 0.294. The van der Waals surface area contributed by atoms with Crippen LogP contribution in [-0.2, 0) is 20.9 Å². The van der Waals surface area contributed by atoms with Crippen LogP contribution in [0.3, 0.4) is 0 Å². The molecule has 1 aromatic carbocycles. The summed E-state index contributed by atoms with van der Waals surface area (Å²) in [6, 6.07) is 8.20. The quantitative estimate of drug-likeness (QED) is 0.663. The number of benzene rings is 1. The van der Waals surface area contributed by atoms with Crippen LogP contribution >= 0.6 is 0 Å². The summed E-state index contributed by atoms with van der Waals surface area (Å²) in [6.45, 7) is 0. The number of hydrogen-bond donors (Lipinski definition) is 3. The summed E-state index contributed by atoms with van der Waals surface area (Å²) in [7, 11) is -2.90. The summed E-state index contributed by atoms with van der Waals surface area (Å²) in [4.78, 5) is 15.0. The Morgan fingerprint density at radius 3 is 2.22 bits per heavy atom. The molecule has 0 aliphatic heterocycles. The molecule has 0 saturated carbocycles. The van der Waals surface area contributed by atoms with Gasteiger partial charge in [0, 0.05) is 18.0 Å². The van der Waals surface area contributed by atoms with Crippen molar-refractivity contribution in [3.8, 4) is 11.1 Å². The van der Waals surface area contributed by atoms with E-state index in [-0.39, 0.29) is 11.4 Å². The van der Waals surface area contributed by atoms with Crippen molar-refractivity contribution in [1.29, 1.82) is 4.78 Å². The van der Waals surface area contributed by atoms with Crippen LogP contribution in [0.4, 0.5) is 13.2 Å². The van der Waals surface area contributed by atoms with Crippen molar-refractivity contribution in [2.45, 2.75) is 30.3 Å². The Balaban J connectivity index is 2.13. The molecule has 2 rings (SSSR count). The van der Waals surface area contributed by atoms with E-state index in [1.807, 2.05) is 0 Å². The van der Waals surface area contributed by atoms with Gasteiger partial charge < -0.3 is 10.4 Å². The third-order valence-corrected chi connectivity index (χ3v) is 4.78. The topological polar surface area (TPSA) is 103 Å². The first kappa shape index (κ1) is 20.8. The van der Waals surface area contributed by atoms with Crippen LogP contribution in [0.2, 0.25) is 0 Å². The number of aliphatic hydroxyl groups is 1. The molecule has 1 heterocycles. The lowest BCUT2D eigenvalue weighted by Gasteiger charge is -2.19. The standard InChI is InChI=1S/C17H18F3N3O3S/c1-27(21,26)14-7-6-12(9-22-14)11-4-2-10(3-5-11)8-13(16(20)24)23-17(25)15(18)19/h2-7,9,13,15-16,21,24H,8H2,1H3,(H,23,25)/t13-,16?,27?/m0/s1. The Kier molecular flexibility index (Phi) is 6.55. The highest BCUT2D eigenvalue weighted by Gasteiger charge is 2.25. The molecule has 3 atom stereocenters. The Labute approximate surface area is 154 Å². The maximum absolute atomic E-state index is 13.2. The van der Waals surface area contributed by atoms with E-state index >= 15 is 0 Å². The number of alkyl halides is 3. The average molecular weight is 401 g/mol. The maximum atomic E-state index is 13.2. The molecule has 6 nitrogen and oxygen atoms in total. The molecular weight excluding hydrogens is 383 g/mol. The van der Waals surface area contributed by atoms with Crippen LogP contribution in [-0.4, -0.2) is 45.3 Å². The number of nitrogens with one attached hydrogen (secondary N) is 2. The number of amides is 1. The molecule has 0 aliphatic rings.